The van der Waals surface area contributed by atoms with Crippen molar-refractivity contribution in [2.45, 2.75) is 84.0 Å². The summed E-state index contributed by atoms with van der Waals surface area (Å²) in [4.78, 5) is 0. The first-order valence-electron chi connectivity index (χ1n) is 7.38. The maximum Gasteiger partial charge on any atom is 0.196 e. The SMILES string of the molecule is CCCCCCCCCCCCCC=S(=O)(O)O. The van der Waals surface area contributed by atoms with E-state index in [1.165, 1.54) is 57.8 Å². The molecule has 0 atom stereocenters. The molecule has 0 aliphatic rings. The minimum atomic E-state index is -3.61. The lowest BCUT2D eigenvalue weighted by Gasteiger charge is -2.01. The number of unbranched alkanes of at least 4 members (excludes halogenated alkanes) is 11. The third kappa shape index (κ3) is 15.9. The molecular formula is C14H30O3S. The van der Waals surface area contributed by atoms with Crippen LogP contribution in [0.3, 0.4) is 0 Å². The van der Waals surface area contributed by atoms with Crippen LogP contribution in [0.5, 0.6) is 0 Å². The van der Waals surface area contributed by atoms with Crippen molar-refractivity contribution >= 4 is 15.5 Å². The summed E-state index contributed by atoms with van der Waals surface area (Å²) in [7, 11) is -3.61. The summed E-state index contributed by atoms with van der Waals surface area (Å²) < 4.78 is 27.7. The van der Waals surface area contributed by atoms with Gasteiger partial charge in [0.2, 0.25) is 0 Å². The van der Waals surface area contributed by atoms with Crippen LogP contribution in [-0.2, 0) is 10.1 Å². The Labute approximate surface area is 113 Å². The predicted molar refractivity (Wildman–Crippen MR) is 80.5 cm³/mol. The van der Waals surface area contributed by atoms with Crippen molar-refractivity contribution in [2.24, 2.45) is 0 Å². The van der Waals surface area contributed by atoms with Crippen molar-refractivity contribution in [1.82, 2.24) is 0 Å². The average molecular weight is 278 g/mol. The maximum atomic E-state index is 10.5. The van der Waals surface area contributed by atoms with Crippen molar-refractivity contribution < 1.29 is 13.3 Å². The number of hydrogen-bond donors (Lipinski definition) is 2. The summed E-state index contributed by atoms with van der Waals surface area (Å²) in [6.07, 6.45) is 14.4. The van der Waals surface area contributed by atoms with Gasteiger partial charge in [-0.2, -0.15) is 0 Å². The summed E-state index contributed by atoms with van der Waals surface area (Å²) in [5, 5.41) is 1.11. The first kappa shape index (κ1) is 17.9. The van der Waals surface area contributed by atoms with Crippen LogP contribution < -0.4 is 0 Å². The highest BCUT2D eigenvalue weighted by Crippen LogP contribution is 2.11. The average Bonchev–Trinajstić information content (AvgIpc) is 2.29. The standard InChI is InChI=1S/C14H30O3S/c1-2-3-4-5-6-7-8-9-10-11-12-13-14-18(15,16)17/h14H,2-13H2,1H3,(H2,15,16,17). The maximum absolute atomic E-state index is 10.5. The van der Waals surface area contributed by atoms with Gasteiger partial charge >= 0.3 is 0 Å². The van der Waals surface area contributed by atoms with Crippen LogP contribution in [0.4, 0.5) is 0 Å². The number of rotatable bonds is 12. The third-order valence-corrected chi connectivity index (χ3v) is 3.81. The van der Waals surface area contributed by atoms with E-state index in [1.807, 2.05) is 0 Å². The summed E-state index contributed by atoms with van der Waals surface area (Å²) in [5.41, 5.74) is 0. The molecule has 0 unspecified atom stereocenters. The first-order valence-corrected chi connectivity index (χ1v) is 8.92. The Balaban J connectivity index is 3.10. The molecule has 0 heterocycles. The lowest BCUT2D eigenvalue weighted by Crippen LogP contribution is -1.98. The van der Waals surface area contributed by atoms with Crippen molar-refractivity contribution in [3.8, 4) is 0 Å². The van der Waals surface area contributed by atoms with Crippen LogP contribution in [0.2, 0.25) is 0 Å². The summed E-state index contributed by atoms with van der Waals surface area (Å²) >= 11 is 0. The van der Waals surface area contributed by atoms with E-state index >= 15 is 0 Å². The van der Waals surface area contributed by atoms with Crippen LogP contribution in [-0.4, -0.2) is 18.7 Å². The quantitative estimate of drug-likeness (QED) is 0.401. The molecule has 0 aliphatic carbocycles. The summed E-state index contributed by atoms with van der Waals surface area (Å²) in [6, 6.07) is 0. The highest BCUT2D eigenvalue weighted by Gasteiger charge is 1.94. The lowest BCUT2D eigenvalue weighted by atomic mass is 10.1. The van der Waals surface area contributed by atoms with Gasteiger partial charge in [-0.25, -0.2) is 4.21 Å². The van der Waals surface area contributed by atoms with Gasteiger partial charge in [-0.1, -0.05) is 71.1 Å². The van der Waals surface area contributed by atoms with Crippen LogP contribution in [0.25, 0.3) is 0 Å². The third-order valence-electron chi connectivity index (χ3n) is 3.14. The Kier molecular flexibility index (Phi) is 12.0. The molecule has 0 bridgehead atoms. The van der Waals surface area contributed by atoms with Crippen LogP contribution >= 0.6 is 0 Å². The fourth-order valence-corrected chi connectivity index (χ4v) is 2.52. The monoisotopic (exact) mass is 278 g/mol. The van der Waals surface area contributed by atoms with E-state index in [0.717, 1.165) is 18.2 Å². The molecule has 0 fully saturated rings. The Morgan fingerprint density at radius 2 is 1.17 bits per heavy atom. The Morgan fingerprint density at radius 3 is 1.56 bits per heavy atom. The minimum absolute atomic E-state index is 0.531. The zero-order valence-corrected chi connectivity index (χ0v) is 12.6. The minimum Gasteiger partial charge on any atom is -0.294 e. The largest absolute Gasteiger partial charge is 0.294 e. The molecule has 0 aliphatic heterocycles. The van der Waals surface area contributed by atoms with Crippen LogP contribution in [0, 0.1) is 0 Å². The lowest BCUT2D eigenvalue weighted by molar-refractivity contribution is 0.447. The normalized spacial score (nSPS) is 11.7. The Bertz CT molecular complexity index is 273. The van der Waals surface area contributed by atoms with E-state index in [0.29, 0.717) is 6.42 Å². The van der Waals surface area contributed by atoms with E-state index in [-0.39, 0.29) is 0 Å². The molecule has 0 spiro atoms. The molecule has 0 amide bonds. The van der Waals surface area contributed by atoms with Crippen molar-refractivity contribution in [1.29, 1.82) is 0 Å². The molecule has 0 rings (SSSR count). The van der Waals surface area contributed by atoms with Gasteiger partial charge in [0.25, 0.3) is 0 Å². The van der Waals surface area contributed by atoms with E-state index in [1.54, 1.807) is 0 Å². The number of hydrogen-bond acceptors (Lipinski definition) is 1. The fraction of sp³-hybridized carbons (Fsp3) is 0.929. The van der Waals surface area contributed by atoms with E-state index < -0.39 is 10.1 Å². The van der Waals surface area contributed by atoms with Gasteiger partial charge in [0.1, 0.15) is 0 Å². The van der Waals surface area contributed by atoms with E-state index in [2.05, 4.69) is 6.92 Å². The van der Waals surface area contributed by atoms with Gasteiger partial charge in [0.15, 0.2) is 10.1 Å². The van der Waals surface area contributed by atoms with Crippen molar-refractivity contribution in [3.63, 3.8) is 0 Å². The first-order chi connectivity index (χ1) is 8.56. The van der Waals surface area contributed by atoms with Crippen molar-refractivity contribution in [3.05, 3.63) is 0 Å². The highest BCUT2D eigenvalue weighted by atomic mass is 32.2. The van der Waals surface area contributed by atoms with Gasteiger partial charge in [-0.15, -0.1) is 0 Å². The smallest absolute Gasteiger partial charge is 0.196 e. The molecule has 3 nitrogen and oxygen atoms in total. The van der Waals surface area contributed by atoms with Gasteiger partial charge in [0, 0.05) is 5.37 Å². The molecule has 0 radical (unpaired) electrons. The van der Waals surface area contributed by atoms with Gasteiger partial charge in [0.05, 0.1) is 0 Å². The Morgan fingerprint density at radius 1 is 0.778 bits per heavy atom. The highest BCUT2D eigenvalue weighted by molar-refractivity contribution is 7.90. The second-order valence-electron chi connectivity index (χ2n) is 5.03. The van der Waals surface area contributed by atoms with Crippen LogP contribution in [0.1, 0.15) is 84.0 Å². The van der Waals surface area contributed by atoms with Crippen LogP contribution in [0.15, 0.2) is 0 Å². The molecule has 0 aromatic carbocycles. The molecular weight excluding hydrogens is 248 g/mol. The van der Waals surface area contributed by atoms with Gasteiger partial charge in [-0.3, -0.25) is 9.11 Å². The second kappa shape index (κ2) is 12.0. The second-order valence-corrected chi connectivity index (χ2v) is 6.44. The van der Waals surface area contributed by atoms with Crippen molar-refractivity contribution in [2.75, 3.05) is 0 Å². The predicted octanol–water partition coefficient (Wildman–Crippen LogP) is 4.72. The van der Waals surface area contributed by atoms with Gasteiger partial charge in [-0.05, 0) is 12.8 Å². The van der Waals surface area contributed by atoms with E-state index in [9.17, 15) is 4.21 Å². The molecule has 0 aromatic rings. The molecule has 110 valence electrons. The molecule has 0 saturated heterocycles. The fourth-order valence-electron chi connectivity index (χ4n) is 2.05. The molecule has 18 heavy (non-hydrogen) atoms. The zero-order chi connectivity index (χ0) is 13.7. The molecule has 0 saturated carbocycles. The van der Waals surface area contributed by atoms with E-state index in [4.69, 9.17) is 9.11 Å². The summed E-state index contributed by atoms with van der Waals surface area (Å²) in [5.74, 6) is 0. The summed E-state index contributed by atoms with van der Waals surface area (Å²) in [6.45, 7) is 2.24. The molecule has 2 N–H and O–H groups in total. The zero-order valence-electron chi connectivity index (χ0n) is 11.8. The van der Waals surface area contributed by atoms with Gasteiger partial charge < -0.3 is 0 Å². The molecule has 0 aromatic heterocycles. The molecule has 4 heteroatoms. The Hall–Kier alpha value is -0.0600. The topological polar surface area (TPSA) is 57.5 Å².